The average molecular weight is 427 g/mol. The molecule has 0 radical (unpaired) electrons. The van der Waals surface area contributed by atoms with E-state index in [9.17, 15) is 33.6 Å². The largest absolute Gasteiger partial charge is 0.397 e. The minimum atomic E-state index is -5.38. The Kier molecular flexibility index (Phi) is 10.1. The minimum absolute atomic E-state index is 0.158. The van der Waals surface area contributed by atoms with E-state index in [0.717, 1.165) is 5.56 Å². The van der Waals surface area contributed by atoms with Gasteiger partial charge in [-0.15, -0.1) is 0 Å². The summed E-state index contributed by atoms with van der Waals surface area (Å²) in [7, 11) is -5.38. The zero-order valence-electron chi connectivity index (χ0n) is 15.7. The highest BCUT2D eigenvalue weighted by molar-refractivity contribution is 7.54. The zero-order valence-corrected chi connectivity index (χ0v) is 16.6. The van der Waals surface area contributed by atoms with Gasteiger partial charge in [0.1, 0.15) is 6.10 Å². The van der Waals surface area contributed by atoms with E-state index in [0.29, 0.717) is 0 Å². The van der Waals surface area contributed by atoms with Gasteiger partial charge in [-0.3, -0.25) is 9.40 Å². The molecule has 1 aromatic carbocycles. The minimum Gasteiger partial charge on any atom is -0.390 e. The molecule has 0 fully saturated rings. The summed E-state index contributed by atoms with van der Waals surface area (Å²) in [6, 6.07) is 9.03. The highest BCUT2D eigenvalue weighted by Crippen LogP contribution is 2.60. The maximum Gasteiger partial charge on any atom is 0.397 e. The first-order chi connectivity index (χ1) is 13.0. The molecule has 162 valence electrons. The third kappa shape index (κ3) is 7.81. The van der Waals surface area contributed by atoms with Crippen molar-refractivity contribution in [2.75, 3.05) is 6.54 Å². The van der Waals surface area contributed by atoms with E-state index in [4.69, 9.17) is 4.84 Å². The quantitative estimate of drug-likeness (QED) is 0.183. The van der Waals surface area contributed by atoms with Gasteiger partial charge in [-0.1, -0.05) is 37.3 Å². The van der Waals surface area contributed by atoms with Crippen LogP contribution in [-0.4, -0.2) is 56.8 Å². The SMILES string of the molecule is CCC(C)OP(=O)(O)C(F)(F)C[C@@H](O)[C@@H](O)[C@@H](O)CNOCc1ccccc1. The topological polar surface area (TPSA) is 128 Å². The highest BCUT2D eigenvalue weighted by atomic mass is 31.2. The van der Waals surface area contributed by atoms with Crippen LogP contribution < -0.4 is 5.48 Å². The van der Waals surface area contributed by atoms with Crippen LogP contribution in [0.3, 0.4) is 0 Å². The monoisotopic (exact) mass is 427 g/mol. The molecule has 5 N–H and O–H groups in total. The van der Waals surface area contributed by atoms with Gasteiger partial charge in [-0.25, -0.2) is 0 Å². The Bertz CT molecular complexity index is 623. The second kappa shape index (κ2) is 11.3. The number of hydroxylamine groups is 1. The van der Waals surface area contributed by atoms with E-state index in [1.807, 2.05) is 6.07 Å². The van der Waals surface area contributed by atoms with E-state index in [1.54, 1.807) is 31.2 Å². The lowest BCUT2D eigenvalue weighted by Gasteiger charge is -2.29. The Morgan fingerprint density at radius 1 is 1.18 bits per heavy atom. The summed E-state index contributed by atoms with van der Waals surface area (Å²) in [5.41, 5.74) is -1.10. The molecular formula is C17H28F2NO7P. The van der Waals surface area contributed by atoms with Crippen LogP contribution in [0.2, 0.25) is 0 Å². The fraction of sp³-hybridized carbons (Fsp3) is 0.647. The van der Waals surface area contributed by atoms with Crippen LogP contribution in [0.15, 0.2) is 30.3 Å². The Hall–Kier alpha value is -0.970. The molecule has 2 unspecified atom stereocenters. The number of hydrogen-bond donors (Lipinski definition) is 5. The number of aliphatic hydroxyl groups is 3. The maximum absolute atomic E-state index is 14.0. The molecule has 0 heterocycles. The molecule has 1 rings (SSSR count). The lowest BCUT2D eigenvalue weighted by molar-refractivity contribution is -0.101. The predicted molar refractivity (Wildman–Crippen MR) is 97.5 cm³/mol. The maximum atomic E-state index is 14.0. The summed E-state index contributed by atoms with van der Waals surface area (Å²) in [5, 5.41) is 29.4. The van der Waals surface area contributed by atoms with Crippen molar-refractivity contribution in [3.05, 3.63) is 35.9 Å². The lowest BCUT2D eigenvalue weighted by atomic mass is 10.1. The van der Waals surface area contributed by atoms with Gasteiger partial charge in [0.05, 0.1) is 31.3 Å². The van der Waals surface area contributed by atoms with Gasteiger partial charge in [-0.05, 0) is 18.9 Å². The fourth-order valence-electron chi connectivity index (χ4n) is 2.11. The summed E-state index contributed by atoms with van der Waals surface area (Å²) >= 11 is 0. The molecule has 0 bridgehead atoms. The standard InChI is InChI=1S/C17H28F2NO7P/c1-3-12(2)27-28(24,25)17(18,19)9-14(21)16(23)15(22)10-20-26-11-13-7-5-4-6-8-13/h4-8,12,14-16,20-23H,3,9-11H2,1-2H3,(H,24,25)/t12?,14-,15+,16-/m1/s1. The molecule has 5 atom stereocenters. The fourth-order valence-corrected chi connectivity index (χ4v) is 3.32. The average Bonchev–Trinajstić information content (AvgIpc) is 2.64. The van der Waals surface area contributed by atoms with Gasteiger partial charge in [0.2, 0.25) is 0 Å². The molecule has 1 aromatic rings. The first-order valence-electron chi connectivity index (χ1n) is 8.82. The molecule has 0 aliphatic heterocycles. The third-order valence-electron chi connectivity index (χ3n) is 4.03. The van der Waals surface area contributed by atoms with E-state index in [1.165, 1.54) is 6.92 Å². The molecule has 8 nitrogen and oxygen atoms in total. The summed E-state index contributed by atoms with van der Waals surface area (Å²) in [5.74, 6) is 0. The summed E-state index contributed by atoms with van der Waals surface area (Å²) in [6.07, 6.45) is -8.03. The number of benzene rings is 1. The Balaban J connectivity index is 2.48. The molecule has 0 aliphatic carbocycles. The first-order valence-corrected chi connectivity index (χ1v) is 10.4. The normalized spacial score (nSPS) is 18.9. The van der Waals surface area contributed by atoms with Crippen molar-refractivity contribution < 1.29 is 42.9 Å². The third-order valence-corrected chi connectivity index (χ3v) is 5.69. The van der Waals surface area contributed by atoms with Crippen LogP contribution in [0, 0.1) is 0 Å². The zero-order chi connectivity index (χ0) is 21.4. The number of rotatable bonds is 13. The van der Waals surface area contributed by atoms with Gasteiger partial charge in [0, 0.05) is 6.54 Å². The molecule has 0 aromatic heterocycles. The Morgan fingerprint density at radius 2 is 1.79 bits per heavy atom. The van der Waals surface area contributed by atoms with Crippen molar-refractivity contribution in [1.29, 1.82) is 0 Å². The summed E-state index contributed by atoms with van der Waals surface area (Å²) in [4.78, 5) is 14.6. The molecule has 0 saturated carbocycles. The second-order valence-electron chi connectivity index (χ2n) is 6.46. The molecule has 11 heteroatoms. The van der Waals surface area contributed by atoms with Gasteiger partial charge in [0.15, 0.2) is 0 Å². The van der Waals surface area contributed by atoms with Gasteiger partial charge in [0.25, 0.3) is 0 Å². The van der Waals surface area contributed by atoms with E-state index >= 15 is 0 Å². The molecular weight excluding hydrogens is 399 g/mol. The number of halogens is 2. The van der Waals surface area contributed by atoms with E-state index in [-0.39, 0.29) is 19.6 Å². The predicted octanol–water partition coefficient (Wildman–Crippen LogP) is 1.77. The van der Waals surface area contributed by atoms with Crippen molar-refractivity contribution in [2.45, 2.75) is 63.4 Å². The van der Waals surface area contributed by atoms with Crippen LogP contribution in [0.4, 0.5) is 8.78 Å². The van der Waals surface area contributed by atoms with Gasteiger partial charge >= 0.3 is 13.3 Å². The van der Waals surface area contributed by atoms with Crippen LogP contribution in [0.1, 0.15) is 32.3 Å². The second-order valence-corrected chi connectivity index (χ2v) is 8.37. The van der Waals surface area contributed by atoms with E-state index < -0.39 is 44.1 Å². The number of nitrogens with one attached hydrogen (secondary N) is 1. The van der Waals surface area contributed by atoms with Crippen molar-refractivity contribution in [1.82, 2.24) is 5.48 Å². The summed E-state index contributed by atoms with van der Waals surface area (Å²) < 4.78 is 44.3. The molecule has 28 heavy (non-hydrogen) atoms. The smallest absolute Gasteiger partial charge is 0.390 e. The van der Waals surface area contributed by atoms with Crippen LogP contribution in [0.5, 0.6) is 0 Å². The number of aliphatic hydroxyl groups excluding tert-OH is 3. The molecule has 0 amide bonds. The van der Waals surface area contributed by atoms with Crippen LogP contribution in [0.25, 0.3) is 0 Å². The van der Waals surface area contributed by atoms with Crippen LogP contribution >= 0.6 is 7.60 Å². The van der Waals surface area contributed by atoms with Crippen molar-refractivity contribution in [3.63, 3.8) is 0 Å². The van der Waals surface area contributed by atoms with Crippen molar-refractivity contribution >= 4 is 7.60 Å². The number of hydrogen-bond acceptors (Lipinski definition) is 7. The Labute approximate surface area is 162 Å². The molecule has 0 spiro atoms. The molecule has 0 saturated heterocycles. The lowest BCUT2D eigenvalue weighted by Crippen LogP contribution is -2.45. The van der Waals surface area contributed by atoms with Crippen molar-refractivity contribution in [2.24, 2.45) is 0 Å². The number of alkyl halides is 2. The highest BCUT2D eigenvalue weighted by Gasteiger charge is 2.53. The Morgan fingerprint density at radius 3 is 2.36 bits per heavy atom. The van der Waals surface area contributed by atoms with E-state index in [2.05, 4.69) is 10.0 Å². The van der Waals surface area contributed by atoms with Crippen LogP contribution in [-0.2, 0) is 20.5 Å². The van der Waals surface area contributed by atoms with Gasteiger partial charge in [-0.2, -0.15) is 14.3 Å². The summed E-state index contributed by atoms with van der Waals surface area (Å²) in [6.45, 7) is 2.74. The molecule has 0 aliphatic rings. The van der Waals surface area contributed by atoms with Crippen molar-refractivity contribution in [3.8, 4) is 0 Å². The van der Waals surface area contributed by atoms with Gasteiger partial charge < -0.3 is 24.7 Å². The first kappa shape index (κ1) is 25.1.